The van der Waals surface area contributed by atoms with Crippen LogP contribution >= 0.6 is 14.6 Å². The number of nitrogens with zero attached hydrogens (tertiary/aromatic N) is 1. The van der Waals surface area contributed by atoms with Crippen molar-refractivity contribution in [1.29, 1.82) is 0 Å². The molecule has 2 aromatic rings. The molecule has 0 atom stereocenters. The molecule has 3 nitrogen and oxygen atoms in total. The molecule has 26 heavy (non-hydrogen) atoms. The molecule has 0 aromatic heterocycles. The second-order valence-electron chi connectivity index (χ2n) is 7.07. The zero-order valence-corrected chi connectivity index (χ0v) is 17.5. The Balaban J connectivity index is 2.20. The average molecular weight is 387 g/mol. The maximum absolute atomic E-state index is 14.6. The Bertz CT molecular complexity index is 829. The molecule has 0 unspecified atom stereocenters. The zero-order chi connectivity index (χ0) is 18.8. The van der Waals surface area contributed by atoms with E-state index < -0.39 is 14.6 Å². The molecule has 0 saturated heterocycles. The van der Waals surface area contributed by atoms with Gasteiger partial charge in [-0.3, -0.25) is 4.57 Å². The molecule has 0 aliphatic carbocycles. The molecule has 0 radical (unpaired) electrons. The Morgan fingerprint density at radius 1 is 0.885 bits per heavy atom. The third kappa shape index (κ3) is 3.41. The highest BCUT2D eigenvalue weighted by Gasteiger charge is 2.46. The van der Waals surface area contributed by atoms with E-state index in [0.29, 0.717) is 18.9 Å². The van der Waals surface area contributed by atoms with Crippen molar-refractivity contribution in [2.24, 2.45) is 0 Å². The van der Waals surface area contributed by atoms with Crippen LogP contribution in [0.1, 0.15) is 27.2 Å². The highest BCUT2D eigenvalue weighted by molar-refractivity contribution is 7.85. The lowest BCUT2D eigenvalue weighted by atomic mass is 10.2. The lowest BCUT2D eigenvalue weighted by molar-refractivity contribution is 0.504. The molecule has 0 amide bonds. The van der Waals surface area contributed by atoms with E-state index in [0.717, 1.165) is 17.0 Å². The zero-order valence-electron chi connectivity index (χ0n) is 15.8. The van der Waals surface area contributed by atoms with Gasteiger partial charge in [-0.05, 0) is 44.5 Å². The maximum Gasteiger partial charge on any atom is 0.212 e. The third-order valence-corrected chi connectivity index (χ3v) is 12.6. The summed E-state index contributed by atoms with van der Waals surface area (Å²) in [5.41, 5.74) is 2.37. The summed E-state index contributed by atoms with van der Waals surface area (Å²) < 4.78 is 30.6. The highest BCUT2D eigenvalue weighted by Crippen LogP contribution is 2.68. The van der Waals surface area contributed by atoms with Gasteiger partial charge in [0.15, 0.2) is 7.29 Å². The van der Waals surface area contributed by atoms with Gasteiger partial charge in [0.25, 0.3) is 0 Å². The molecule has 3 rings (SSSR count). The van der Waals surface area contributed by atoms with E-state index in [2.05, 4.69) is 20.8 Å². The number of rotatable bonds is 6. The van der Waals surface area contributed by atoms with Crippen LogP contribution in [-0.2, 0) is 9.13 Å². The normalized spacial score (nSPS) is 17.1. The van der Waals surface area contributed by atoms with Gasteiger partial charge >= 0.3 is 0 Å². The first kappa shape index (κ1) is 19.4. The second kappa shape index (κ2) is 7.69. The first-order valence-electron chi connectivity index (χ1n) is 9.15. The van der Waals surface area contributed by atoms with Gasteiger partial charge in [-0.25, -0.2) is 0 Å². The maximum atomic E-state index is 14.6. The van der Waals surface area contributed by atoms with Crippen LogP contribution in [0.15, 0.2) is 71.8 Å². The molecule has 138 valence electrons. The summed E-state index contributed by atoms with van der Waals surface area (Å²) in [5, 5.41) is 1.52. The van der Waals surface area contributed by atoms with E-state index in [9.17, 15) is 9.13 Å². The summed E-state index contributed by atoms with van der Waals surface area (Å²) in [6.45, 7) is 6.73. The fourth-order valence-corrected chi connectivity index (χ4v) is 12.0. The molecule has 0 N–H and O–H groups in total. The van der Waals surface area contributed by atoms with E-state index >= 15 is 0 Å². The van der Waals surface area contributed by atoms with Crippen LogP contribution in [0.2, 0.25) is 0 Å². The van der Waals surface area contributed by atoms with E-state index in [1.807, 2.05) is 65.1 Å². The largest absolute Gasteiger partial charge is 0.305 e. The van der Waals surface area contributed by atoms with Gasteiger partial charge in [-0.2, -0.15) is 4.44 Å². The van der Waals surface area contributed by atoms with Gasteiger partial charge in [-0.15, -0.1) is 0 Å². The van der Waals surface area contributed by atoms with E-state index in [4.69, 9.17) is 0 Å². The summed E-state index contributed by atoms with van der Waals surface area (Å²) in [6.07, 6.45) is 1.90. The minimum atomic E-state index is -3.17. The Labute approximate surface area is 157 Å². The molecule has 0 bridgehead atoms. The van der Waals surface area contributed by atoms with Crippen molar-refractivity contribution in [2.45, 2.75) is 27.2 Å². The van der Waals surface area contributed by atoms with Crippen molar-refractivity contribution in [3.8, 4) is 0 Å². The van der Waals surface area contributed by atoms with E-state index in [1.165, 1.54) is 11.1 Å². The fourth-order valence-electron chi connectivity index (χ4n) is 3.66. The van der Waals surface area contributed by atoms with Crippen LogP contribution in [0.3, 0.4) is 0 Å². The van der Waals surface area contributed by atoms with Crippen molar-refractivity contribution < 1.29 is 9.13 Å². The van der Waals surface area contributed by atoms with Crippen LogP contribution in [0.4, 0.5) is 0 Å². The van der Waals surface area contributed by atoms with Crippen LogP contribution in [0.5, 0.6) is 0 Å². The summed E-state index contributed by atoms with van der Waals surface area (Å²) in [7, 11) is -5.94. The molecule has 2 aromatic carbocycles. The first-order valence-corrected chi connectivity index (χ1v) is 12.8. The first-order chi connectivity index (χ1) is 12.4. The molecule has 1 aliphatic heterocycles. The van der Waals surface area contributed by atoms with Crippen molar-refractivity contribution in [2.75, 3.05) is 18.9 Å². The van der Waals surface area contributed by atoms with Gasteiger partial charge in [0, 0.05) is 29.5 Å². The summed E-state index contributed by atoms with van der Waals surface area (Å²) in [5.74, 6) is 0. The smallest absolute Gasteiger partial charge is 0.212 e. The third-order valence-electron chi connectivity index (χ3n) is 5.08. The van der Waals surface area contributed by atoms with E-state index in [1.54, 1.807) is 0 Å². The number of benzene rings is 2. The topological polar surface area (TPSA) is 37.4 Å². The second-order valence-corrected chi connectivity index (χ2v) is 12.9. The quantitative estimate of drug-likeness (QED) is 0.501. The minimum Gasteiger partial charge on any atom is -0.305 e. The average Bonchev–Trinajstić information content (AvgIpc) is 2.93. The monoisotopic (exact) mass is 387 g/mol. The molecule has 0 spiro atoms. The highest BCUT2D eigenvalue weighted by atomic mass is 31.2. The lowest BCUT2D eigenvalue weighted by Crippen LogP contribution is -2.31. The minimum absolute atomic E-state index is 0.544. The molecular weight excluding hydrogens is 360 g/mol. The molecule has 1 heterocycles. The van der Waals surface area contributed by atoms with Crippen LogP contribution in [0.25, 0.3) is 0 Å². The van der Waals surface area contributed by atoms with E-state index in [-0.39, 0.29) is 0 Å². The lowest BCUT2D eigenvalue weighted by Gasteiger charge is -2.36. The molecular formula is C21H27NO2P2. The number of hydrogen-bond acceptors (Lipinski definition) is 2. The van der Waals surface area contributed by atoms with Gasteiger partial charge < -0.3 is 4.57 Å². The summed E-state index contributed by atoms with van der Waals surface area (Å²) in [4.78, 5) is 0. The molecule has 0 fully saturated rings. The van der Waals surface area contributed by atoms with Crippen molar-refractivity contribution in [3.63, 3.8) is 0 Å². The molecule has 1 aliphatic rings. The van der Waals surface area contributed by atoms with Crippen LogP contribution in [0, 0.1) is 0 Å². The Kier molecular flexibility index (Phi) is 5.72. The predicted molar refractivity (Wildman–Crippen MR) is 112 cm³/mol. The number of allylic oxidation sites excluding steroid dienone is 2. The van der Waals surface area contributed by atoms with Gasteiger partial charge in [0.1, 0.15) is 0 Å². The standard InChI is InChI=1S/C21H27NO2P2/c1-4-15-22(25(23)16-18(2)19(3)17-25)26(24,20-11-7-5-8-12-20)21-13-9-6-10-14-21/h5-14H,4,15-17H2,1-3H3. The van der Waals surface area contributed by atoms with Gasteiger partial charge in [0.2, 0.25) is 7.29 Å². The Morgan fingerprint density at radius 2 is 1.31 bits per heavy atom. The fraction of sp³-hybridized carbons (Fsp3) is 0.333. The Morgan fingerprint density at radius 3 is 1.69 bits per heavy atom. The molecule has 5 heteroatoms. The van der Waals surface area contributed by atoms with Crippen LogP contribution < -0.4 is 10.6 Å². The predicted octanol–water partition coefficient (Wildman–Crippen LogP) is 5.26. The SMILES string of the molecule is CCCN(P1(=O)CC(C)=C(C)C1)P(=O)(c1ccccc1)c1ccccc1. The molecule has 0 saturated carbocycles. The summed E-state index contributed by atoms with van der Waals surface area (Å²) in [6, 6.07) is 19.1. The van der Waals surface area contributed by atoms with Crippen molar-refractivity contribution in [3.05, 3.63) is 71.8 Å². The summed E-state index contributed by atoms with van der Waals surface area (Å²) >= 11 is 0. The van der Waals surface area contributed by atoms with Gasteiger partial charge in [0.05, 0.1) is 0 Å². The number of hydrogen-bond donors (Lipinski definition) is 0. The van der Waals surface area contributed by atoms with Crippen molar-refractivity contribution >= 4 is 25.2 Å². The van der Waals surface area contributed by atoms with Crippen molar-refractivity contribution in [1.82, 2.24) is 4.44 Å². The van der Waals surface area contributed by atoms with Crippen LogP contribution in [-0.4, -0.2) is 23.3 Å². The Hall–Kier alpha value is -1.40. The van der Waals surface area contributed by atoms with Gasteiger partial charge in [-0.1, -0.05) is 54.5 Å².